The van der Waals surface area contributed by atoms with E-state index in [-0.39, 0.29) is 5.91 Å². The predicted octanol–water partition coefficient (Wildman–Crippen LogP) is 4.66. The topological polar surface area (TPSA) is 52.8 Å². The number of carbonyl (C=O) groups is 1. The van der Waals surface area contributed by atoms with Crippen LogP contribution in [0, 0.1) is 6.92 Å². The molecule has 0 bridgehead atoms. The van der Waals surface area contributed by atoms with E-state index in [4.69, 9.17) is 9.47 Å². The number of thiazole rings is 1. The molecular formula is C21H24N2O3S2. The van der Waals surface area contributed by atoms with E-state index in [2.05, 4.69) is 23.4 Å². The van der Waals surface area contributed by atoms with E-state index in [1.54, 1.807) is 37.3 Å². The van der Waals surface area contributed by atoms with E-state index in [1.165, 1.54) is 0 Å². The number of aryl methyl sites for hydroxylation is 2. The highest BCUT2D eigenvalue weighted by molar-refractivity contribution is 7.99. The Morgan fingerprint density at radius 3 is 2.54 bits per heavy atom. The Hall–Kier alpha value is -2.25. The Bertz CT molecular complexity index is 1040. The molecule has 0 atom stereocenters. The number of hydrogen-bond donors (Lipinski definition) is 0. The number of hydrogen-bond acceptors (Lipinski definition) is 5. The number of nitrogens with zero attached hydrogens (tertiary/aromatic N) is 2. The van der Waals surface area contributed by atoms with Crippen LogP contribution in [0.2, 0.25) is 0 Å². The first kappa shape index (κ1) is 20.5. The average molecular weight is 417 g/mol. The molecule has 0 aliphatic heterocycles. The average Bonchev–Trinajstić information content (AvgIpc) is 3.07. The molecule has 1 amide bonds. The third-order valence-corrected chi connectivity index (χ3v) is 6.61. The van der Waals surface area contributed by atoms with Gasteiger partial charge in [0.05, 0.1) is 18.9 Å². The van der Waals surface area contributed by atoms with Crippen LogP contribution < -0.4 is 14.3 Å². The van der Waals surface area contributed by atoms with Crippen molar-refractivity contribution < 1.29 is 14.3 Å². The van der Waals surface area contributed by atoms with Gasteiger partial charge in [0.15, 0.2) is 4.80 Å². The highest BCUT2D eigenvalue weighted by Crippen LogP contribution is 2.30. The van der Waals surface area contributed by atoms with Gasteiger partial charge in [0.2, 0.25) is 5.91 Å². The molecule has 0 saturated carbocycles. The molecular weight excluding hydrogens is 392 g/mol. The highest BCUT2D eigenvalue weighted by atomic mass is 32.2. The Morgan fingerprint density at radius 1 is 1.14 bits per heavy atom. The lowest BCUT2D eigenvalue weighted by molar-refractivity contribution is -0.117. The molecule has 148 valence electrons. The lowest BCUT2D eigenvalue weighted by Gasteiger charge is -2.07. The van der Waals surface area contributed by atoms with E-state index in [9.17, 15) is 4.79 Å². The molecule has 1 heterocycles. The van der Waals surface area contributed by atoms with Gasteiger partial charge >= 0.3 is 0 Å². The lowest BCUT2D eigenvalue weighted by atomic mass is 10.2. The van der Waals surface area contributed by atoms with Gasteiger partial charge in [-0.1, -0.05) is 17.4 Å². The molecule has 0 fully saturated rings. The van der Waals surface area contributed by atoms with Crippen molar-refractivity contribution in [3.05, 3.63) is 46.8 Å². The van der Waals surface area contributed by atoms with E-state index in [0.717, 1.165) is 43.5 Å². The van der Waals surface area contributed by atoms with Crippen LogP contribution in [0.5, 0.6) is 11.5 Å². The van der Waals surface area contributed by atoms with E-state index in [0.29, 0.717) is 12.2 Å². The van der Waals surface area contributed by atoms with Crippen LogP contribution in [-0.4, -0.2) is 30.4 Å². The smallest absolute Gasteiger partial charge is 0.249 e. The van der Waals surface area contributed by atoms with Crippen molar-refractivity contribution >= 4 is 39.2 Å². The summed E-state index contributed by atoms with van der Waals surface area (Å²) in [6, 6.07) is 11.8. The largest absolute Gasteiger partial charge is 0.497 e. The summed E-state index contributed by atoms with van der Waals surface area (Å²) in [6.45, 7) is 4.85. The second-order valence-electron chi connectivity index (χ2n) is 6.17. The predicted molar refractivity (Wildman–Crippen MR) is 116 cm³/mol. The van der Waals surface area contributed by atoms with Crippen molar-refractivity contribution in [3.8, 4) is 11.5 Å². The minimum absolute atomic E-state index is 0.105. The van der Waals surface area contributed by atoms with Crippen LogP contribution in [0.3, 0.4) is 0 Å². The fourth-order valence-electron chi connectivity index (χ4n) is 2.91. The first-order valence-electron chi connectivity index (χ1n) is 9.08. The normalized spacial score (nSPS) is 11.8. The summed E-state index contributed by atoms with van der Waals surface area (Å²) < 4.78 is 13.8. The maximum absolute atomic E-state index is 12.4. The number of ether oxygens (including phenoxy) is 2. The second-order valence-corrected chi connectivity index (χ2v) is 8.32. The van der Waals surface area contributed by atoms with Crippen LogP contribution in [0.1, 0.15) is 18.9 Å². The summed E-state index contributed by atoms with van der Waals surface area (Å²) in [5.41, 5.74) is 2.17. The zero-order chi connectivity index (χ0) is 20.1. The van der Waals surface area contributed by atoms with E-state index in [1.807, 2.05) is 36.4 Å². The molecule has 0 aliphatic rings. The van der Waals surface area contributed by atoms with Crippen molar-refractivity contribution in [2.24, 2.45) is 4.99 Å². The van der Waals surface area contributed by atoms with Crippen molar-refractivity contribution in [2.45, 2.75) is 31.7 Å². The number of benzene rings is 2. The number of thioether (sulfide) groups is 1. The van der Waals surface area contributed by atoms with E-state index < -0.39 is 0 Å². The first-order chi connectivity index (χ1) is 13.6. The Labute approximate surface area is 173 Å². The SMILES string of the molecule is CCn1c(=NC(=O)CCSc2ccc(OC)cc2)sc2c(C)ccc(OC)c21. The maximum atomic E-state index is 12.4. The zero-order valence-corrected chi connectivity index (χ0v) is 18.2. The fraction of sp³-hybridized carbons (Fsp3) is 0.333. The van der Waals surface area contributed by atoms with Gasteiger partial charge in [-0.3, -0.25) is 4.79 Å². The van der Waals surface area contributed by atoms with Crippen LogP contribution >= 0.6 is 23.1 Å². The Morgan fingerprint density at radius 2 is 1.89 bits per heavy atom. The first-order valence-corrected chi connectivity index (χ1v) is 10.9. The third-order valence-electron chi connectivity index (χ3n) is 4.39. The van der Waals surface area contributed by atoms with Gasteiger partial charge in [0.25, 0.3) is 0 Å². The summed E-state index contributed by atoms with van der Waals surface area (Å²) in [5.74, 6) is 2.22. The van der Waals surface area contributed by atoms with Crippen molar-refractivity contribution in [1.29, 1.82) is 0 Å². The number of amides is 1. The molecule has 3 aromatic rings. The molecule has 28 heavy (non-hydrogen) atoms. The molecule has 7 heteroatoms. The molecule has 0 spiro atoms. The third kappa shape index (κ3) is 4.42. The zero-order valence-electron chi connectivity index (χ0n) is 16.5. The number of fused-ring (bicyclic) bond motifs is 1. The van der Waals surface area contributed by atoms with Crippen molar-refractivity contribution in [2.75, 3.05) is 20.0 Å². The molecule has 0 radical (unpaired) electrons. The lowest BCUT2D eigenvalue weighted by Crippen LogP contribution is -2.16. The van der Waals surface area contributed by atoms with Gasteiger partial charge in [-0.25, -0.2) is 0 Å². The highest BCUT2D eigenvalue weighted by Gasteiger charge is 2.13. The van der Waals surface area contributed by atoms with Gasteiger partial charge in [-0.05, 0) is 49.7 Å². The molecule has 2 aromatic carbocycles. The van der Waals surface area contributed by atoms with Crippen LogP contribution in [0.15, 0.2) is 46.3 Å². The molecule has 0 aliphatic carbocycles. The molecule has 3 rings (SSSR count). The van der Waals surface area contributed by atoms with Crippen molar-refractivity contribution in [3.63, 3.8) is 0 Å². The fourth-order valence-corrected chi connectivity index (χ4v) is 4.95. The van der Waals surface area contributed by atoms with Gasteiger partial charge in [-0.15, -0.1) is 11.8 Å². The minimum atomic E-state index is -0.105. The van der Waals surface area contributed by atoms with Gasteiger partial charge < -0.3 is 14.0 Å². The summed E-state index contributed by atoms with van der Waals surface area (Å²) in [6.07, 6.45) is 0.394. The monoisotopic (exact) mass is 416 g/mol. The summed E-state index contributed by atoms with van der Waals surface area (Å²) >= 11 is 3.18. The molecule has 1 aromatic heterocycles. The molecule has 5 nitrogen and oxygen atoms in total. The maximum Gasteiger partial charge on any atom is 0.249 e. The van der Waals surface area contributed by atoms with E-state index >= 15 is 0 Å². The van der Waals surface area contributed by atoms with Crippen LogP contribution in [-0.2, 0) is 11.3 Å². The van der Waals surface area contributed by atoms with Crippen LogP contribution in [0.25, 0.3) is 10.2 Å². The van der Waals surface area contributed by atoms with Gasteiger partial charge in [-0.2, -0.15) is 4.99 Å². The second kappa shape index (κ2) is 9.30. The summed E-state index contributed by atoms with van der Waals surface area (Å²) in [7, 11) is 3.32. The molecule has 0 N–H and O–H groups in total. The summed E-state index contributed by atoms with van der Waals surface area (Å²) in [5, 5.41) is 0. The number of carbonyl (C=O) groups excluding carboxylic acids is 1. The Balaban J connectivity index is 1.77. The summed E-state index contributed by atoms with van der Waals surface area (Å²) in [4.78, 5) is 18.7. The number of aromatic nitrogens is 1. The minimum Gasteiger partial charge on any atom is -0.497 e. The van der Waals surface area contributed by atoms with Gasteiger partial charge in [0.1, 0.15) is 17.0 Å². The molecule has 0 unspecified atom stereocenters. The quantitative estimate of drug-likeness (QED) is 0.526. The number of methoxy groups -OCH3 is 2. The molecule has 0 saturated heterocycles. The standard InChI is InChI=1S/C21H24N2O3S2/c1-5-23-19-17(26-4)11-6-14(2)20(19)28-21(23)22-18(24)12-13-27-16-9-7-15(25-3)8-10-16/h6-11H,5,12-13H2,1-4H3. The van der Waals surface area contributed by atoms with Gasteiger partial charge in [0, 0.05) is 23.6 Å². The Kier molecular flexibility index (Phi) is 6.80. The van der Waals surface area contributed by atoms with Crippen molar-refractivity contribution in [1.82, 2.24) is 4.57 Å². The van der Waals surface area contributed by atoms with Crippen LogP contribution in [0.4, 0.5) is 0 Å². The number of rotatable bonds is 7.